The van der Waals surface area contributed by atoms with E-state index in [-0.39, 0.29) is 11.9 Å². The number of nitroso groups, excluding NO2 is 1. The van der Waals surface area contributed by atoms with Gasteiger partial charge in [0.1, 0.15) is 0 Å². The zero-order valence-electron chi connectivity index (χ0n) is 7.05. The van der Waals surface area contributed by atoms with Crippen LogP contribution in [0, 0.1) is 4.91 Å². The normalized spacial score (nSPS) is 12.9. The summed E-state index contributed by atoms with van der Waals surface area (Å²) in [5.74, 6) is 0. The monoisotopic (exact) mass is 177 g/mol. The van der Waals surface area contributed by atoms with Crippen molar-refractivity contribution in [2.75, 3.05) is 6.54 Å². The average Bonchev–Trinajstić information content (AvgIpc) is 1.99. The lowest BCUT2D eigenvalue weighted by molar-refractivity contribution is 0.616. The van der Waals surface area contributed by atoms with Gasteiger partial charge in [-0.15, -0.1) is 11.6 Å². The molecule has 0 N–H and O–H groups in total. The molecule has 0 aromatic carbocycles. The van der Waals surface area contributed by atoms with Gasteiger partial charge in [0.05, 0.1) is 11.9 Å². The molecule has 3 heteroatoms. The second kappa shape index (κ2) is 7.99. The second-order valence-electron chi connectivity index (χ2n) is 2.76. The predicted octanol–water partition coefficient (Wildman–Crippen LogP) is 3.33. The van der Waals surface area contributed by atoms with E-state index in [0.717, 1.165) is 12.8 Å². The van der Waals surface area contributed by atoms with Crippen LogP contribution in [-0.2, 0) is 0 Å². The van der Waals surface area contributed by atoms with Crippen LogP contribution in [0.2, 0.25) is 0 Å². The Bertz CT molecular complexity index is 98.1. The van der Waals surface area contributed by atoms with Crippen molar-refractivity contribution < 1.29 is 0 Å². The molecule has 0 bridgehead atoms. The molecule has 0 saturated carbocycles. The number of nitrogens with zero attached hydrogens (tertiary/aromatic N) is 1. The maximum absolute atomic E-state index is 9.77. The summed E-state index contributed by atoms with van der Waals surface area (Å²) < 4.78 is 0. The first-order valence-electron chi connectivity index (χ1n) is 4.24. The van der Waals surface area contributed by atoms with Crippen molar-refractivity contribution in [2.24, 2.45) is 5.18 Å². The third-order valence-electron chi connectivity index (χ3n) is 1.64. The largest absolute Gasteiger partial charge is 0.151 e. The number of hydrogen-bond donors (Lipinski definition) is 0. The summed E-state index contributed by atoms with van der Waals surface area (Å²) in [6, 6.07) is 0. The molecule has 0 spiro atoms. The van der Waals surface area contributed by atoms with Gasteiger partial charge in [-0.2, -0.15) is 4.91 Å². The van der Waals surface area contributed by atoms with Crippen molar-refractivity contribution in [3.8, 4) is 0 Å². The Kier molecular flexibility index (Phi) is 7.91. The summed E-state index contributed by atoms with van der Waals surface area (Å²) in [5.41, 5.74) is 0. The summed E-state index contributed by atoms with van der Waals surface area (Å²) in [4.78, 5) is 9.77. The van der Waals surface area contributed by atoms with Gasteiger partial charge in [-0.3, -0.25) is 0 Å². The minimum Gasteiger partial charge on any atom is -0.151 e. The van der Waals surface area contributed by atoms with Crippen molar-refractivity contribution in [3.05, 3.63) is 4.91 Å². The van der Waals surface area contributed by atoms with E-state index < -0.39 is 0 Å². The Hall–Kier alpha value is -0.110. The van der Waals surface area contributed by atoms with Gasteiger partial charge in [0.25, 0.3) is 0 Å². The molecule has 0 radical (unpaired) electrons. The molecule has 0 aromatic heterocycles. The van der Waals surface area contributed by atoms with Crippen LogP contribution in [0.25, 0.3) is 0 Å². The first-order chi connectivity index (χ1) is 5.31. The number of alkyl halides is 1. The minimum atomic E-state index is -0.0376. The SMILES string of the molecule is CCCCCCC(Cl)CN=O. The van der Waals surface area contributed by atoms with Gasteiger partial charge in [0, 0.05) is 0 Å². The minimum absolute atomic E-state index is 0.0376. The van der Waals surface area contributed by atoms with Crippen LogP contribution in [-0.4, -0.2) is 11.9 Å². The highest BCUT2D eigenvalue weighted by Gasteiger charge is 2.02. The van der Waals surface area contributed by atoms with Gasteiger partial charge >= 0.3 is 0 Å². The average molecular weight is 178 g/mol. The lowest BCUT2D eigenvalue weighted by Crippen LogP contribution is -2.01. The Labute approximate surface area is 73.3 Å². The lowest BCUT2D eigenvalue weighted by Gasteiger charge is -2.02. The summed E-state index contributed by atoms with van der Waals surface area (Å²) in [7, 11) is 0. The fourth-order valence-corrected chi connectivity index (χ4v) is 1.18. The highest BCUT2D eigenvalue weighted by atomic mass is 35.5. The van der Waals surface area contributed by atoms with Crippen LogP contribution in [0.5, 0.6) is 0 Å². The van der Waals surface area contributed by atoms with E-state index in [4.69, 9.17) is 11.6 Å². The van der Waals surface area contributed by atoms with E-state index in [1.165, 1.54) is 19.3 Å². The van der Waals surface area contributed by atoms with Crippen LogP contribution < -0.4 is 0 Å². The molecule has 11 heavy (non-hydrogen) atoms. The second-order valence-corrected chi connectivity index (χ2v) is 3.38. The molecule has 0 aromatic rings. The fraction of sp³-hybridized carbons (Fsp3) is 1.00. The van der Waals surface area contributed by atoms with E-state index in [1.807, 2.05) is 0 Å². The zero-order chi connectivity index (χ0) is 8.53. The molecule has 0 aliphatic heterocycles. The van der Waals surface area contributed by atoms with Gasteiger partial charge in [-0.05, 0) is 6.42 Å². The molecule has 0 rings (SSSR count). The molecular weight excluding hydrogens is 162 g/mol. The highest BCUT2D eigenvalue weighted by Crippen LogP contribution is 2.10. The lowest BCUT2D eigenvalue weighted by atomic mass is 10.1. The standard InChI is InChI=1S/C8H16ClNO/c1-2-3-4-5-6-8(9)7-10-11/h8H,2-7H2,1H3. The van der Waals surface area contributed by atoms with Crippen molar-refractivity contribution in [3.63, 3.8) is 0 Å². The van der Waals surface area contributed by atoms with E-state index in [2.05, 4.69) is 12.1 Å². The Balaban J connectivity index is 3.03. The van der Waals surface area contributed by atoms with Gasteiger partial charge in [0.2, 0.25) is 0 Å². The molecule has 0 aliphatic carbocycles. The fourth-order valence-electron chi connectivity index (χ4n) is 0.965. The Morgan fingerprint density at radius 3 is 2.64 bits per heavy atom. The van der Waals surface area contributed by atoms with Crippen molar-refractivity contribution in [1.29, 1.82) is 0 Å². The Morgan fingerprint density at radius 2 is 2.09 bits per heavy atom. The molecule has 1 unspecified atom stereocenters. The number of rotatable bonds is 7. The maximum Gasteiger partial charge on any atom is 0.0974 e. The topological polar surface area (TPSA) is 29.4 Å². The number of halogens is 1. The quantitative estimate of drug-likeness (QED) is 0.333. The molecule has 0 heterocycles. The van der Waals surface area contributed by atoms with Crippen molar-refractivity contribution >= 4 is 11.6 Å². The molecule has 0 saturated heterocycles. The van der Waals surface area contributed by atoms with Crippen molar-refractivity contribution in [2.45, 2.75) is 44.4 Å². The van der Waals surface area contributed by atoms with E-state index in [9.17, 15) is 4.91 Å². The molecule has 0 fully saturated rings. The first-order valence-corrected chi connectivity index (χ1v) is 4.68. The first kappa shape index (κ1) is 10.9. The van der Waals surface area contributed by atoms with Crippen LogP contribution in [0.3, 0.4) is 0 Å². The molecule has 1 atom stereocenters. The van der Waals surface area contributed by atoms with E-state index >= 15 is 0 Å². The predicted molar refractivity (Wildman–Crippen MR) is 49.1 cm³/mol. The number of hydrogen-bond acceptors (Lipinski definition) is 2. The molecule has 0 aliphatic rings. The van der Waals surface area contributed by atoms with Gasteiger partial charge < -0.3 is 0 Å². The maximum atomic E-state index is 9.77. The van der Waals surface area contributed by atoms with E-state index in [1.54, 1.807) is 0 Å². The summed E-state index contributed by atoms with van der Waals surface area (Å²) in [6.07, 6.45) is 5.76. The highest BCUT2D eigenvalue weighted by molar-refractivity contribution is 6.20. The van der Waals surface area contributed by atoms with Gasteiger partial charge in [-0.25, -0.2) is 0 Å². The molecule has 2 nitrogen and oxygen atoms in total. The van der Waals surface area contributed by atoms with E-state index in [0.29, 0.717) is 0 Å². The molecular formula is C8H16ClNO. The van der Waals surface area contributed by atoms with Crippen molar-refractivity contribution in [1.82, 2.24) is 0 Å². The summed E-state index contributed by atoms with van der Waals surface area (Å²) in [6.45, 7) is 2.43. The van der Waals surface area contributed by atoms with Crippen LogP contribution in [0.4, 0.5) is 0 Å². The third-order valence-corrected chi connectivity index (χ3v) is 2.00. The zero-order valence-corrected chi connectivity index (χ0v) is 7.81. The molecule has 0 amide bonds. The van der Waals surface area contributed by atoms with Gasteiger partial charge in [0.15, 0.2) is 0 Å². The Morgan fingerprint density at radius 1 is 1.36 bits per heavy atom. The summed E-state index contributed by atoms with van der Waals surface area (Å²) in [5, 5.41) is 2.71. The van der Waals surface area contributed by atoms with Crippen LogP contribution in [0.15, 0.2) is 5.18 Å². The summed E-state index contributed by atoms with van der Waals surface area (Å²) >= 11 is 5.77. The molecule has 66 valence electrons. The van der Waals surface area contributed by atoms with Crippen LogP contribution in [0.1, 0.15) is 39.0 Å². The van der Waals surface area contributed by atoms with Gasteiger partial charge in [-0.1, -0.05) is 37.8 Å². The van der Waals surface area contributed by atoms with Crippen LogP contribution >= 0.6 is 11.6 Å². The number of unbranched alkanes of at least 4 members (excludes halogenated alkanes) is 3. The smallest absolute Gasteiger partial charge is 0.0974 e. The third kappa shape index (κ3) is 7.79.